The number of nitrogens with two attached hydrogens (primary N) is 2. The van der Waals surface area contributed by atoms with E-state index in [1.54, 1.807) is 0 Å². The average Bonchev–Trinajstić information content (AvgIpc) is 2.29. The van der Waals surface area contributed by atoms with Crippen molar-refractivity contribution in [3.8, 4) is 0 Å². The van der Waals surface area contributed by atoms with Gasteiger partial charge in [-0.1, -0.05) is 13.8 Å². The first-order chi connectivity index (χ1) is 7.67. The maximum Gasteiger partial charge on any atom is 0.0568 e. The Balaban J connectivity index is 2.40. The molecule has 1 aromatic rings. The highest BCUT2D eigenvalue weighted by molar-refractivity contribution is 5.69. The van der Waals surface area contributed by atoms with Gasteiger partial charge in [0.2, 0.25) is 0 Å². The zero-order valence-corrected chi connectivity index (χ0v) is 10.2. The second kappa shape index (κ2) is 6.23. The zero-order valence-electron chi connectivity index (χ0n) is 10.2. The van der Waals surface area contributed by atoms with E-state index in [1.165, 1.54) is 0 Å². The molecule has 0 aromatic heterocycles. The van der Waals surface area contributed by atoms with Crippen LogP contribution in [-0.4, -0.2) is 31.1 Å². The van der Waals surface area contributed by atoms with E-state index >= 15 is 0 Å². The number of nitrogens with zero attached hydrogens (tertiary/aromatic N) is 1. The second-order valence-electron chi connectivity index (χ2n) is 3.80. The Kier molecular flexibility index (Phi) is 4.92. The summed E-state index contributed by atoms with van der Waals surface area (Å²) in [5.41, 5.74) is 13.7. The van der Waals surface area contributed by atoms with Crippen molar-refractivity contribution in [1.82, 2.24) is 4.90 Å². The number of hydrogen-bond donors (Lipinski definition) is 3. The number of likely N-dealkylation sites (N-methyl/N-ethyl adjacent to an activating group) is 1. The van der Waals surface area contributed by atoms with E-state index in [4.69, 9.17) is 11.5 Å². The van der Waals surface area contributed by atoms with Crippen molar-refractivity contribution < 1.29 is 0 Å². The summed E-state index contributed by atoms with van der Waals surface area (Å²) < 4.78 is 0. The van der Waals surface area contributed by atoms with Gasteiger partial charge in [-0.2, -0.15) is 0 Å². The second-order valence-corrected chi connectivity index (χ2v) is 3.80. The van der Waals surface area contributed by atoms with Crippen molar-refractivity contribution in [2.24, 2.45) is 0 Å². The molecule has 0 bridgehead atoms. The van der Waals surface area contributed by atoms with Crippen molar-refractivity contribution in [3.63, 3.8) is 0 Å². The Morgan fingerprint density at radius 1 is 1.12 bits per heavy atom. The Morgan fingerprint density at radius 2 is 1.81 bits per heavy atom. The molecule has 1 aromatic carbocycles. The van der Waals surface area contributed by atoms with Crippen LogP contribution < -0.4 is 16.8 Å². The van der Waals surface area contributed by atoms with Crippen LogP contribution in [0.1, 0.15) is 13.8 Å². The van der Waals surface area contributed by atoms with E-state index in [1.807, 2.05) is 18.2 Å². The minimum Gasteiger partial charge on any atom is -0.397 e. The molecule has 0 unspecified atom stereocenters. The zero-order chi connectivity index (χ0) is 12.0. The number of benzene rings is 1. The lowest BCUT2D eigenvalue weighted by Crippen LogP contribution is -2.28. The van der Waals surface area contributed by atoms with Crippen LogP contribution in [0.25, 0.3) is 0 Å². The first kappa shape index (κ1) is 12.6. The van der Waals surface area contributed by atoms with Crippen LogP contribution in [0, 0.1) is 0 Å². The monoisotopic (exact) mass is 222 g/mol. The maximum absolute atomic E-state index is 5.73. The molecule has 16 heavy (non-hydrogen) atoms. The third-order valence-electron chi connectivity index (χ3n) is 2.74. The van der Waals surface area contributed by atoms with Gasteiger partial charge in [0, 0.05) is 18.8 Å². The van der Waals surface area contributed by atoms with Crippen LogP contribution in [0.15, 0.2) is 18.2 Å². The topological polar surface area (TPSA) is 67.3 Å². The van der Waals surface area contributed by atoms with E-state index in [0.717, 1.165) is 31.9 Å². The predicted octanol–water partition coefficient (Wildman–Crippen LogP) is 1.60. The summed E-state index contributed by atoms with van der Waals surface area (Å²) in [5.74, 6) is 0. The number of nitrogens with one attached hydrogen (secondary N) is 1. The van der Waals surface area contributed by atoms with E-state index in [9.17, 15) is 0 Å². The van der Waals surface area contributed by atoms with Crippen molar-refractivity contribution >= 4 is 17.1 Å². The molecule has 0 spiro atoms. The minimum absolute atomic E-state index is 0.632. The lowest BCUT2D eigenvalue weighted by molar-refractivity contribution is 0.316. The number of nitrogen functional groups attached to an aromatic ring is 2. The van der Waals surface area contributed by atoms with Crippen molar-refractivity contribution in [2.45, 2.75) is 13.8 Å². The van der Waals surface area contributed by atoms with E-state index in [-0.39, 0.29) is 0 Å². The lowest BCUT2D eigenvalue weighted by Gasteiger charge is -2.18. The molecule has 0 saturated carbocycles. The summed E-state index contributed by atoms with van der Waals surface area (Å²) in [5, 5.41) is 3.33. The van der Waals surface area contributed by atoms with Gasteiger partial charge in [0.15, 0.2) is 0 Å². The fourth-order valence-corrected chi connectivity index (χ4v) is 1.58. The number of rotatable bonds is 6. The fraction of sp³-hybridized carbons (Fsp3) is 0.500. The number of hydrogen-bond acceptors (Lipinski definition) is 4. The Labute approximate surface area is 97.6 Å². The van der Waals surface area contributed by atoms with Crippen LogP contribution in [0.5, 0.6) is 0 Å². The smallest absolute Gasteiger partial charge is 0.0568 e. The molecule has 0 fully saturated rings. The molecule has 0 aliphatic heterocycles. The van der Waals surface area contributed by atoms with Crippen LogP contribution in [0.3, 0.4) is 0 Å². The SMILES string of the molecule is CCN(CC)CCNc1ccc(N)c(N)c1. The summed E-state index contributed by atoms with van der Waals surface area (Å²) >= 11 is 0. The first-order valence-corrected chi connectivity index (χ1v) is 5.78. The molecule has 0 radical (unpaired) electrons. The fourth-order valence-electron chi connectivity index (χ4n) is 1.58. The van der Waals surface area contributed by atoms with Gasteiger partial charge >= 0.3 is 0 Å². The summed E-state index contributed by atoms with van der Waals surface area (Å²) in [4.78, 5) is 2.37. The highest BCUT2D eigenvalue weighted by atomic mass is 15.1. The minimum atomic E-state index is 0.632. The van der Waals surface area contributed by atoms with Gasteiger partial charge in [-0.3, -0.25) is 0 Å². The summed E-state index contributed by atoms with van der Waals surface area (Å²) in [6, 6.07) is 5.65. The third-order valence-corrected chi connectivity index (χ3v) is 2.74. The van der Waals surface area contributed by atoms with Gasteiger partial charge < -0.3 is 21.7 Å². The van der Waals surface area contributed by atoms with E-state index in [0.29, 0.717) is 11.4 Å². The Bertz CT molecular complexity index is 321. The molecule has 0 aliphatic rings. The van der Waals surface area contributed by atoms with Gasteiger partial charge in [-0.05, 0) is 31.3 Å². The summed E-state index contributed by atoms with van der Waals surface area (Å²) in [6.07, 6.45) is 0. The molecule has 0 amide bonds. The van der Waals surface area contributed by atoms with Gasteiger partial charge in [0.1, 0.15) is 0 Å². The Hall–Kier alpha value is -1.42. The van der Waals surface area contributed by atoms with Gasteiger partial charge in [0.05, 0.1) is 11.4 Å². The third kappa shape index (κ3) is 3.62. The quantitative estimate of drug-likeness (QED) is 0.640. The highest BCUT2D eigenvalue weighted by Crippen LogP contribution is 2.19. The van der Waals surface area contributed by atoms with Crippen molar-refractivity contribution in [1.29, 1.82) is 0 Å². The van der Waals surface area contributed by atoms with Gasteiger partial charge in [0.25, 0.3) is 0 Å². The lowest BCUT2D eigenvalue weighted by atomic mass is 10.2. The van der Waals surface area contributed by atoms with Crippen LogP contribution in [0.4, 0.5) is 17.1 Å². The summed E-state index contributed by atoms with van der Waals surface area (Å²) in [7, 11) is 0. The molecule has 0 heterocycles. The number of anilines is 3. The largest absolute Gasteiger partial charge is 0.397 e. The first-order valence-electron chi connectivity index (χ1n) is 5.78. The molecule has 1 rings (SSSR count). The van der Waals surface area contributed by atoms with Gasteiger partial charge in [-0.25, -0.2) is 0 Å². The molecule has 4 heteroatoms. The molecule has 0 atom stereocenters. The van der Waals surface area contributed by atoms with Crippen molar-refractivity contribution in [2.75, 3.05) is 43.0 Å². The van der Waals surface area contributed by atoms with E-state index < -0.39 is 0 Å². The van der Waals surface area contributed by atoms with Crippen LogP contribution in [0.2, 0.25) is 0 Å². The normalized spacial score (nSPS) is 10.7. The Morgan fingerprint density at radius 3 is 2.38 bits per heavy atom. The van der Waals surface area contributed by atoms with E-state index in [2.05, 4.69) is 24.1 Å². The average molecular weight is 222 g/mol. The summed E-state index contributed by atoms with van der Waals surface area (Å²) in [6.45, 7) is 8.47. The molecule has 0 saturated heterocycles. The predicted molar refractivity (Wildman–Crippen MR) is 71.5 cm³/mol. The highest BCUT2D eigenvalue weighted by Gasteiger charge is 1.99. The molecular formula is C12H22N4. The maximum atomic E-state index is 5.73. The van der Waals surface area contributed by atoms with Gasteiger partial charge in [-0.15, -0.1) is 0 Å². The standard InChI is InChI=1S/C12H22N4/c1-3-16(4-2)8-7-15-10-5-6-11(13)12(14)9-10/h5-6,9,15H,3-4,7-8,13-14H2,1-2H3. The molecule has 4 nitrogen and oxygen atoms in total. The molecule has 0 aliphatic carbocycles. The van der Waals surface area contributed by atoms with Crippen LogP contribution >= 0.6 is 0 Å². The molecule has 5 N–H and O–H groups in total. The molecular weight excluding hydrogens is 200 g/mol. The van der Waals surface area contributed by atoms with Crippen LogP contribution in [-0.2, 0) is 0 Å². The van der Waals surface area contributed by atoms with Crippen molar-refractivity contribution in [3.05, 3.63) is 18.2 Å². The molecule has 90 valence electrons.